The third-order valence-corrected chi connectivity index (χ3v) is 11.2. The Kier molecular flexibility index (Phi) is 16.1. The molecule has 0 saturated heterocycles. The van der Waals surface area contributed by atoms with Crippen LogP contribution in [0.15, 0.2) is 178 Å². The van der Waals surface area contributed by atoms with Crippen LogP contribution in [0.5, 0.6) is 5.75 Å². The maximum absolute atomic E-state index is 13.5. The number of rotatable bonds is 15. The number of carbonyl (C=O) groups is 4. The van der Waals surface area contributed by atoms with E-state index >= 15 is 0 Å². The number of Topliss-reactive ketones (excluding diaryl/α,β-unsaturated/α-hetero) is 2. The molecule has 0 spiro atoms. The smallest absolute Gasteiger partial charge is 0.335 e. The SMILES string of the molecule is CC(C=CC=C(C)C=CC1=C(C)C(=O)C(Oc2cccc(C(=O)O)c2)CC1(C)C)=CC=CC=C(C)C=CC=C(C)C=CC1=C(C)C(=O)C(c2cccc(C(=O)O)c2)CC1(C)C. The van der Waals surface area contributed by atoms with E-state index in [2.05, 4.69) is 27.7 Å². The second-order valence-electron chi connectivity index (χ2n) is 17.3. The predicted octanol–water partition coefficient (Wildman–Crippen LogP) is 12.8. The van der Waals surface area contributed by atoms with E-state index in [-0.39, 0.29) is 39.4 Å². The van der Waals surface area contributed by atoms with Crippen molar-refractivity contribution in [2.45, 2.75) is 94.1 Å². The molecule has 0 aliphatic heterocycles. The Labute approximate surface area is 362 Å². The van der Waals surface area contributed by atoms with Crippen LogP contribution in [0, 0.1) is 10.8 Å². The Bertz CT molecular complexity index is 2390. The third-order valence-electron chi connectivity index (χ3n) is 11.2. The van der Waals surface area contributed by atoms with Gasteiger partial charge in [0.25, 0.3) is 0 Å². The van der Waals surface area contributed by atoms with E-state index in [4.69, 9.17) is 4.74 Å². The first-order valence-corrected chi connectivity index (χ1v) is 20.6. The van der Waals surface area contributed by atoms with Gasteiger partial charge in [-0.05, 0) is 117 Å². The minimum atomic E-state index is -1.04. The van der Waals surface area contributed by atoms with E-state index in [0.29, 0.717) is 29.7 Å². The molecule has 2 atom stereocenters. The zero-order valence-electron chi connectivity index (χ0n) is 37.2. The van der Waals surface area contributed by atoms with E-state index in [1.807, 2.05) is 133 Å². The first-order valence-electron chi connectivity index (χ1n) is 20.6. The highest BCUT2D eigenvalue weighted by molar-refractivity contribution is 6.03. The summed E-state index contributed by atoms with van der Waals surface area (Å²) in [6.45, 7) is 20.3. The molecule has 61 heavy (non-hydrogen) atoms. The van der Waals surface area contributed by atoms with E-state index < -0.39 is 18.0 Å². The molecular formula is C54H60O7. The zero-order chi connectivity index (χ0) is 45.1. The summed E-state index contributed by atoms with van der Waals surface area (Å²) in [5.41, 5.74) is 8.03. The molecule has 318 valence electrons. The molecule has 7 nitrogen and oxygen atoms in total. The molecule has 2 aromatic carbocycles. The zero-order valence-corrected chi connectivity index (χ0v) is 37.2. The number of carbonyl (C=O) groups excluding carboxylic acids is 2. The lowest BCUT2D eigenvalue weighted by molar-refractivity contribution is -0.124. The summed E-state index contributed by atoms with van der Waals surface area (Å²) in [5.74, 6) is -2.11. The number of hydrogen-bond donors (Lipinski definition) is 2. The number of carboxylic acid groups (broad SMARTS) is 2. The van der Waals surface area contributed by atoms with Crippen LogP contribution in [-0.4, -0.2) is 39.8 Å². The summed E-state index contributed by atoms with van der Waals surface area (Å²) in [7, 11) is 0. The molecule has 4 rings (SSSR count). The van der Waals surface area contributed by atoms with Gasteiger partial charge in [-0.3, -0.25) is 9.59 Å². The lowest BCUT2D eigenvalue weighted by Crippen LogP contribution is -2.39. The van der Waals surface area contributed by atoms with Gasteiger partial charge in [0.05, 0.1) is 11.1 Å². The average molecular weight is 821 g/mol. The molecule has 0 heterocycles. The maximum Gasteiger partial charge on any atom is 0.335 e. The molecule has 0 amide bonds. The van der Waals surface area contributed by atoms with Gasteiger partial charge in [-0.25, -0.2) is 9.59 Å². The lowest BCUT2D eigenvalue weighted by atomic mass is 9.66. The van der Waals surface area contributed by atoms with E-state index in [1.165, 1.54) is 12.1 Å². The minimum Gasteiger partial charge on any atom is -0.482 e. The Hall–Kier alpha value is -6.34. The standard InChI is InChI=1S/C54H60O7/c1-35(19-13-21-37(3)27-29-46-39(5)49(55)45(33-53(46,7)8)41-23-15-24-42(31-41)51(57)58)17-11-12-18-36(2)20-14-22-38(4)28-30-47-40(6)50(56)48(34-54(47,9)10)61-44-26-16-25-43(32-44)52(59)60/h11-32,45,48H,33-34H2,1-10H3,(H,57,58)(H,59,60). The summed E-state index contributed by atoms with van der Waals surface area (Å²) in [4.78, 5) is 49.7. The second-order valence-corrected chi connectivity index (χ2v) is 17.3. The van der Waals surface area contributed by atoms with Crippen LogP contribution >= 0.6 is 0 Å². The first-order chi connectivity index (χ1) is 28.7. The van der Waals surface area contributed by atoms with Gasteiger partial charge in [-0.2, -0.15) is 0 Å². The summed E-state index contributed by atoms with van der Waals surface area (Å²) < 4.78 is 6.00. The number of hydrogen-bond acceptors (Lipinski definition) is 5. The number of ether oxygens (including phenoxy) is 1. The van der Waals surface area contributed by atoms with Gasteiger partial charge in [0, 0.05) is 12.3 Å². The van der Waals surface area contributed by atoms with Crippen molar-refractivity contribution in [3.8, 4) is 5.75 Å². The largest absolute Gasteiger partial charge is 0.482 e. The monoisotopic (exact) mass is 820 g/mol. The summed E-state index contributed by atoms with van der Waals surface area (Å²) in [6.07, 6.45) is 28.8. The van der Waals surface area contributed by atoms with Crippen LogP contribution in [0.3, 0.4) is 0 Å². The van der Waals surface area contributed by atoms with Crippen LogP contribution < -0.4 is 4.74 Å². The van der Waals surface area contributed by atoms with Gasteiger partial charge in [0.15, 0.2) is 17.7 Å². The Morgan fingerprint density at radius 2 is 1.05 bits per heavy atom. The van der Waals surface area contributed by atoms with Crippen molar-refractivity contribution in [1.29, 1.82) is 0 Å². The number of allylic oxidation sites excluding steroid dienone is 21. The normalized spacial score (nSPS) is 20.7. The fourth-order valence-electron chi connectivity index (χ4n) is 7.75. The molecule has 2 N–H and O–H groups in total. The molecule has 0 bridgehead atoms. The fourth-order valence-corrected chi connectivity index (χ4v) is 7.75. The quantitative estimate of drug-likeness (QED) is 0.172. The second kappa shape index (κ2) is 20.8. The van der Waals surface area contributed by atoms with Crippen LogP contribution in [0.2, 0.25) is 0 Å². The van der Waals surface area contributed by atoms with Crippen molar-refractivity contribution in [1.82, 2.24) is 0 Å². The molecule has 2 aliphatic carbocycles. The van der Waals surface area contributed by atoms with Gasteiger partial charge >= 0.3 is 11.9 Å². The maximum atomic E-state index is 13.5. The van der Waals surface area contributed by atoms with Crippen LogP contribution in [0.4, 0.5) is 0 Å². The Morgan fingerprint density at radius 1 is 0.607 bits per heavy atom. The van der Waals surface area contributed by atoms with Gasteiger partial charge in [0.1, 0.15) is 5.75 Å². The topological polar surface area (TPSA) is 118 Å². The molecule has 0 aromatic heterocycles. The molecular weight excluding hydrogens is 761 g/mol. The molecule has 0 radical (unpaired) electrons. The number of aromatic carboxylic acids is 2. The van der Waals surface area contributed by atoms with Gasteiger partial charge < -0.3 is 14.9 Å². The van der Waals surface area contributed by atoms with Gasteiger partial charge in [-0.15, -0.1) is 0 Å². The number of carboxylic acids is 2. The number of benzene rings is 2. The lowest BCUT2D eigenvalue weighted by Gasteiger charge is -2.37. The van der Waals surface area contributed by atoms with Crippen molar-refractivity contribution in [2.24, 2.45) is 10.8 Å². The minimum absolute atomic E-state index is 0.0371. The van der Waals surface area contributed by atoms with Crippen molar-refractivity contribution in [2.75, 3.05) is 0 Å². The highest BCUT2D eigenvalue weighted by atomic mass is 16.5. The number of ketones is 2. The predicted molar refractivity (Wildman–Crippen MR) is 247 cm³/mol. The Balaban J connectivity index is 1.31. The molecule has 2 aliphatic rings. The third kappa shape index (κ3) is 13.1. The molecule has 0 fully saturated rings. The molecule has 0 saturated carbocycles. The van der Waals surface area contributed by atoms with Crippen molar-refractivity contribution in [3.05, 3.63) is 195 Å². The molecule has 2 unspecified atom stereocenters. The average Bonchev–Trinajstić information content (AvgIpc) is 3.19. The van der Waals surface area contributed by atoms with E-state index in [0.717, 1.165) is 39.0 Å². The van der Waals surface area contributed by atoms with Gasteiger partial charge in [0.2, 0.25) is 0 Å². The van der Waals surface area contributed by atoms with Gasteiger partial charge in [-0.1, -0.05) is 153 Å². The fraction of sp³-hybridized carbons (Fsp3) is 0.296. The highest BCUT2D eigenvalue weighted by Crippen LogP contribution is 2.46. The van der Waals surface area contributed by atoms with Crippen LogP contribution in [-0.2, 0) is 9.59 Å². The van der Waals surface area contributed by atoms with Crippen LogP contribution in [0.25, 0.3) is 0 Å². The first kappa shape index (κ1) is 47.3. The summed E-state index contributed by atoms with van der Waals surface area (Å²) in [6, 6.07) is 12.9. The summed E-state index contributed by atoms with van der Waals surface area (Å²) in [5, 5.41) is 18.8. The van der Waals surface area contributed by atoms with Crippen molar-refractivity contribution < 1.29 is 34.1 Å². The van der Waals surface area contributed by atoms with Crippen molar-refractivity contribution in [3.63, 3.8) is 0 Å². The molecule has 7 heteroatoms. The highest BCUT2D eigenvalue weighted by Gasteiger charge is 2.40. The molecule has 2 aromatic rings. The van der Waals surface area contributed by atoms with Crippen LogP contribution in [0.1, 0.15) is 114 Å². The van der Waals surface area contributed by atoms with E-state index in [1.54, 1.807) is 30.3 Å². The Morgan fingerprint density at radius 3 is 1.57 bits per heavy atom. The van der Waals surface area contributed by atoms with Crippen molar-refractivity contribution >= 4 is 23.5 Å². The summed E-state index contributed by atoms with van der Waals surface area (Å²) >= 11 is 0. The van der Waals surface area contributed by atoms with E-state index in [9.17, 15) is 29.4 Å².